The molecule has 16 heavy (non-hydrogen) atoms. The summed E-state index contributed by atoms with van der Waals surface area (Å²) in [4.78, 5) is 0.481. The van der Waals surface area contributed by atoms with Crippen molar-refractivity contribution in [3.63, 3.8) is 0 Å². The van der Waals surface area contributed by atoms with Crippen molar-refractivity contribution in [1.29, 1.82) is 0 Å². The predicted octanol–water partition coefficient (Wildman–Crippen LogP) is 2.03. The summed E-state index contributed by atoms with van der Waals surface area (Å²) in [5.41, 5.74) is -0.194. The van der Waals surface area contributed by atoms with E-state index in [9.17, 15) is 13.2 Å². The van der Waals surface area contributed by atoms with E-state index in [2.05, 4.69) is 5.10 Å². The van der Waals surface area contributed by atoms with Crippen molar-refractivity contribution in [2.24, 2.45) is 18.0 Å². The molecule has 0 saturated heterocycles. The molecule has 2 aromatic rings. The highest BCUT2D eigenvalue weighted by molar-refractivity contribution is 7.16. The Kier molecular flexibility index (Phi) is 2.42. The summed E-state index contributed by atoms with van der Waals surface area (Å²) in [6.45, 7) is 0. The third-order valence-electron chi connectivity index (χ3n) is 2.25. The van der Waals surface area contributed by atoms with Gasteiger partial charge in [-0.3, -0.25) is 0 Å². The monoisotopic (exact) mass is 247 g/mol. The molecule has 1 aromatic carbocycles. The average Bonchev–Trinajstić information content (AvgIpc) is 2.54. The number of aryl methyl sites for hydroxylation is 1. The molecule has 0 spiro atoms. The Bertz CT molecular complexity index is 594. The second-order valence-electron chi connectivity index (χ2n) is 3.25. The molecule has 0 amide bonds. The van der Waals surface area contributed by atoms with Gasteiger partial charge in [0, 0.05) is 7.05 Å². The van der Waals surface area contributed by atoms with Gasteiger partial charge < -0.3 is 10.4 Å². The highest BCUT2D eigenvalue weighted by atomic mass is 32.1. The molecule has 0 unspecified atom stereocenters. The van der Waals surface area contributed by atoms with Crippen molar-refractivity contribution in [3.05, 3.63) is 28.6 Å². The van der Waals surface area contributed by atoms with E-state index in [4.69, 9.17) is 5.84 Å². The number of halogens is 3. The van der Waals surface area contributed by atoms with Crippen LogP contribution in [-0.4, -0.2) is 4.57 Å². The van der Waals surface area contributed by atoms with Crippen molar-refractivity contribution in [3.8, 4) is 0 Å². The Hall–Kier alpha value is -1.50. The minimum atomic E-state index is -4.33. The Morgan fingerprint density at radius 2 is 2.06 bits per heavy atom. The summed E-state index contributed by atoms with van der Waals surface area (Å²) in [7, 11) is 1.63. The number of alkyl halides is 3. The zero-order chi connectivity index (χ0) is 11.9. The quantitative estimate of drug-likeness (QED) is 0.562. The van der Waals surface area contributed by atoms with Crippen LogP contribution >= 0.6 is 11.3 Å². The minimum Gasteiger partial charge on any atom is -0.320 e. The number of rotatable bonds is 0. The van der Waals surface area contributed by atoms with Gasteiger partial charge in [-0.1, -0.05) is 11.3 Å². The maximum atomic E-state index is 12.5. The fourth-order valence-corrected chi connectivity index (χ4v) is 2.35. The normalized spacial score (nSPS) is 13.6. The fourth-order valence-electron chi connectivity index (χ4n) is 1.42. The van der Waals surface area contributed by atoms with Crippen LogP contribution in [0.3, 0.4) is 0 Å². The first-order chi connectivity index (χ1) is 7.43. The summed E-state index contributed by atoms with van der Waals surface area (Å²) in [5, 5.41) is 3.50. The van der Waals surface area contributed by atoms with E-state index in [-0.39, 0.29) is 0 Å². The molecular weight excluding hydrogens is 239 g/mol. The van der Waals surface area contributed by atoms with Gasteiger partial charge >= 0.3 is 6.18 Å². The molecular formula is C9H8F3N3S. The highest BCUT2D eigenvalue weighted by Gasteiger charge is 2.30. The van der Waals surface area contributed by atoms with Gasteiger partial charge in [-0.25, -0.2) is 0 Å². The Labute approximate surface area is 92.6 Å². The molecule has 0 radical (unpaired) electrons. The number of benzene rings is 1. The van der Waals surface area contributed by atoms with Crippen LogP contribution in [0.5, 0.6) is 0 Å². The number of fused-ring (bicyclic) bond motifs is 1. The van der Waals surface area contributed by atoms with Crippen molar-refractivity contribution in [1.82, 2.24) is 4.57 Å². The molecule has 7 heteroatoms. The molecule has 86 valence electrons. The second kappa shape index (κ2) is 3.51. The highest BCUT2D eigenvalue weighted by Crippen LogP contribution is 2.31. The SMILES string of the molecule is Cn1/c(=N/N)sc2ccc(C(F)(F)F)cc21. The first kappa shape index (κ1) is 11.0. The molecule has 0 atom stereocenters. The van der Waals surface area contributed by atoms with Crippen LogP contribution in [-0.2, 0) is 13.2 Å². The lowest BCUT2D eigenvalue weighted by atomic mass is 10.2. The van der Waals surface area contributed by atoms with E-state index < -0.39 is 11.7 Å². The summed E-state index contributed by atoms with van der Waals surface area (Å²) in [5.74, 6) is 5.13. The van der Waals surface area contributed by atoms with Gasteiger partial charge in [0.25, 0.3) is 0 Å². The smallest absolute Gasteiger partial charge is 0.320 e. The molecule has 1 heterocycles. The van der Waals surface area contributed by atoms with Crippen LogP contribution in [0.1, 0.15) is 5.56 Å². The van der Waals surface area contributed by atoms with Crippen LogP contribution in [0.4, 0.5) is 13.2 Å². The number of aromatic nitrogens is 1. The molecule has 2 N–H and O–H groups in total. The van der Waals surface area contributed by atoms with Gasteiger partial charge in [0.15, 0.2) is 0 Å². The molecule has 1 aromatic heterocycles. The number of hydrogen-bond donors (Lipinski definition) is 1. The minimum absolute atomic E-state index is 0.476. The van der Waals surface area contributed by atoms with Gasteiger partial charge in [-0.15, -0.1) is 0 Å². The number of nitrogens with two attached hydrogens (primary N) is 1. The second-order valence-corrected chi connectivity index (χ2v) is 4.26. The van der Waals surface area contributed by atoms with Crippen molar-refractivity contribution >= 4 is 21.6 Å². The fraction of sp³-hybridized carbons (Fsp3) is 0.222. The summed E-state index contributed by atoms with van der Waals surface area (Å²) < 4.78 is 39.7. The summed E-state index contributed by atoms with van der Waals surface area (Å²) >= 11 is 1.25. The van der Waals surface area contributed by atoms with E-state index in [0.717, 1.165) is 16.8 Å². The van der Waals surface area contributed by atoms with E-state index in [0.29, 0.717) is 10.3 Å². The summed E-state index contributed by atoms with van der Waals surface area (Å²) in [6, 6.07) is 3.58. The lowest BCUT2D eigenvalue weighted by Gasteiger charge is -2.06. The summed E-state index contributed by atoms with van der Waals surface area (Å²) in [6.07, 6.45) is -4.33. The molecule has 0 fully saturated rings. The topological polar surface area (TPSA) is 43.3 Å². The standard InChI is InChI=1S/C9H8F3N3S/c1-15-6-4-5(9(10,11)12)2-3-7(6)16-8(15)14-13/h2-4H,13H2,1H3/b14-8-. The Morgan fingerprint density at radius 3 is 2.62 bits per heavy atom. The Morgan fingerprint density at radius 1 is 1.38 bits per heavy atom. The first-order valence-corrected chi connectivity index (χ1v) is 5.16. The van der Waals surface area contributed by atoms with Crippen LogP contribution in [0.15, 0.2) is 23.3 Å². The number of thiazole rings is 1. The average molecular weight is 247 g/mol. The van der Waals surface area contributed by atoms with Crippen molar-refractivity contribution in [2.75, 3.05) is 0 Å². The van der Waals surface area contributed by atoms with Crippen molar-refractivity contribution in [2.45, 2.75) is 6.18 Å². The third kappa shape index (κ3) is 1.67. The third-order valence-corrected chi connectivity index (χ3v) is 3.37. The largest absolute Gasteiger partial charge is 0.416 e. The van der Waals surface area contributed by atoms with Gasteiger partial charge in [0.2, 0.25) is 4.80 Å². The van der Waals surface area contributed by atoms with Gasteiger partial charge in [0.1, 0.15) is 0 Å². The van der Waals surface area contributed by atoms with Gasteiger partial charge in [-0.2, -0.15) is 18.3 Å². The van der Waals surface area contributed by atoms with Crippen LogP contribution in [0.2, 0.25) is 0 Å². The van der Waals surface area contributed by atoms with Crippen LogP contribution < -0.4 is 10.6 Å². The molecule has 0 aliphatic carbocycles. The van der Waals surface area contributed by atoms with E-state index in [1.165, 1.54) is 22.0 Å². The molecule has 0 aliphatic heterocycles. The van der Waals surface area contributed by atoms with Crippen LogP contribution in [0.25, 0.3) is 10.2 Å². The first-order valence-electron chi connectivity index (χ1n) is 4.34. The van der Waals surface area contributed by atoms with Crippen LogP contribution in [0, 0.1) is 0 Å². The molecule has 2 rings (SSSR count). The zero-order valence-electron chi connectivity index (χ0n) is 8.25. The maximum Gasteiger partial charge on any atom is 0.416 e. The van der Waals surface area contributed by atoms with Crippen molar-refractivity contribution < 1.29 is 13.2 Å². The zero-order valence-corrected chi connectivity index (χ0v) is 9.06. The van der Waals surface area contributed by atoms with Gasteiger partial charge in [0.05, 0.1) is 15.8 Å². The molecule has 0 saturated carbocycles. The lowest BCUT2D eigenvalue weighted by Crippen LogP contribution is -2.12. The number of hydrogen-bond acceptors (Lipinski definition) is 3. The molecule has 0 aliphatic rings. The Balaban J connectivity index is 2.76. The lowest BCUT2D eigenvalue weighted by molar-refractivity contribution is -0.137. The van der Waals surface area contributed by atoms with E-state index >= 15 is 0 Å². The van der Waals surface area contributed by atoms with E-state index in [1.54, 1.807) is 7.05 Å². The molecule has 0 bridgehead atoms. The van der Waals surface area contributed by atoms with E-state index in [1.807, 2.05) is 0 Å². The number of nitrogens with zero attached hydrogens (tertiary/aromatic N) is 2. The maximum absolute atomic E-state index is 12.5. The predicted molar refractivity (Wildman–Crippen MR) is 55.5 cm³/mol. The van der Waals surface area contributed by atoms with Gasteiger partial charge in [-0.05, 0) is 18.2 Å². The molecule has 3 nitrogen and oxygen atoms in total.